The number of thiol groups is 1. The van der Waals surface area contributed by atoms with Crippen LogP contribution in [-0.2, 0) is 0 Å². The largest absolute Gasteiger partial charge is 0.275 e. The van der Waals surface area contributed by atoms with E-state index in [-0.39, 0.29) is 5.71 Å². The summed E-state index contributed by atoms with van der Waals surface area (Å²) in [5.41, 5.74) is 3.01. The SMILES string of the molecule is N#CC(C#N)=NNc1ccccc1S. The summed E-state index contributed by atoms with van der Waals surface area (Å²) in [5.74, 6) is 0. The van der Waals surface area contributed by atoms with E-state index in [9.17, 15) is 0 Å². The van der Waals surface area contributed by atoms with Crippen molar-refractivity contribution in [1.82, 2.24) is 0 Å². The molecule has 0 unspecified atom stereocenters. The number of benzene rings is 1. The molecule has 0 aromatic heterocycles. The molecule has 0 aliphatic heterocycles. The van der Waals surface area contributed by atoms with E-state index >= 15 is 0 Å². The second-order valence-corrected chi connectivity index (χ2v) is 2.79. The molecule has 1 aromatic rings. The highest BCUT2D eigenvalue weighted by molar-refractivity contribution is 7.80. The van der Waals surface area contributed by atoms with Gasteiger partial charge in [-0.2, -0.15) is 15.6 Å². The monoisotopic (exact) mass is 202 g/mol. The van der Waals surface area contributed by atoms with Crippen molar-refractivity contribution in [2.45, 2.75) is 4.90 Å². The Hall–Kier alpha value is -1.98. The van der Waals surface area contributed by atoms with Gasteiger partial charge in [0.1, 0.15) is 12.1 Å². The normalized spacial score (nSPS) is 8.21. The summed E-state index contributed by atoms with van der Waals surface area (Å²) < 4.78 is 0. The van der Waals surface area contributed by atoms with Gasteiger partial charge >= 0.3 is 0 Å². The van der Waals surface area contributed by atoms with Crippen LogP contribution in [0.4, 0.5) is 5.69 Å². The zero-order valence-corrected chi connectivity index (χ0v) is 7.99. The van der Waals surface area contributed by atoms with Crippen LogP contribution in [0.25, 0.3) is 0 Å². The first-order valence-electron chi connectivity index (χ1n) is 3.70. The Labute approximate surface area is 86.9 Å². The Bertz CT molecular complexity index is 423. The third kappa shape index (κ3) is 2.51. The average molecular weight is 202 g/mol. The predicted octanol–water partition coefficient (Wildman–Crippen LogP) is 1.79. The van der Waals surface area contributed by atoms with Crippen LogP contribution in [0.2, 0.25) is 0 Å². The van der Waals surface area contributed by atoms with E-state index in [4.69, 9.17) is 10.5 Å². The van der Waals surface area contributed by atoms with Crippen LogP contribution in [0.5, 0.6) is 0 Å². The van der Waals surface area contributed by atoms with Crippen molar-refractivity contribution in [3.05, 3.63) is 24.3 Å². The van der Waals surface area contributed by atoms with Gasteiger partial charge in [-0.15, -0.1) is 12.6 Å². The first kappa shape index (κ1) is 10.1. The fraction of sp³-hybridized carbons (Fsp3) is 0. The molecule has 0 amide bonds. The minimum absolute atomic E-state index is 0.221. The summed E-state index contributed by atoms with van der Waals surface area (Å²) in [7, 11) is 0. The lowest BCUT2D eigenvalue weighted by atomic mass is 10.3. The number of hydrogen-bond donors (Lipinski definition) is 2. The maximum atomic E-state index is 8.41. The second kappa shape index (κ2) is 4.90. The molecular weight excluding hydrogens is 196 g/mol. The lowest BCUT2D eigenvalue weighted by Gasteiger charge is -2.01. The molecule has 0 spiro atoms. The van der Waals surface area contributed by atoms with Crippen LogP contribution < -0.4 is 5.43 Å². The smallest absolute Gasteiger partial charge is 0.237 e. The fourth-order valence-electron chi connectivity index (χ4n) is 0.759. The van der Waals surface area contributed by atoms with Gasteiger partial charge in [0, 0.05) is 4.90 Å². The van der Waals surface area contributed by atoms with Gasteiger partial charge in [-0.3, -0.25) is 5.43 Å². The summed E-state index contributed by atoms with van der Waals surface area (Å²) >= 11 is 4.16. The molecule has 4 nitrogen and oxygen atoms in total. The fourth-order valence-corrected chi connectivity index (χ4v) is 0.970. The molecular formula is C9H6N4S. The van der Waals surface area contributed by atoms with Crippen LogP contribution in [0.3, 0.4) is 0 Å². The molecule has 68 valence electrons. The van der Waals surface area contributed by atoms with Crippen LogP contribution in [0.15, 0.2) is 34.3 Å². The number of nitrogens with one attached hydrogen (secondary N) is 1. The molecule has 1 N–H and O–H groups in total. The van der Waals surface area contributed by atoms with Gasteiger partial charge in [0.15, 0.2) is 0 Å². The van der Waals surface area contributed by atoms with Crippen molar-refractivity contribution in [3.63, 3.8) is 0 Å². The Morgan fingerprint density at radius 2 is 1.93 bits per heavy atom. The number of rotatable bonds is 2. The third-order valence-corrected chi connectivity index (χ3v) is 1.79. The molecule has 0 aliphatic carbocycles. The predicted molar refractivity (Wildman–Crippen MR) is 56.0 cm³/mol. The molecule has 0 bridgehead atoms. The molecule has 0 saturated heterocycles. The van der Waals surface area contributed by atoms with Crippen molar-refractivity contribution in [2.75, 3.05) is 5.43 Å². The van der Waals surface area contributed by atoms with Crippen molar-refractivity contribution >= 4 is 24.0 Å². The molecule has 0 saturated carbocycles. The van der Waals surface area contributed by atoms with E-state index in [1.165, 1.54) is 0 Å². The number of nitriles is 2. The van der Waals surface area contributed by atoms with Crippen LogP contribution in [0, 0.1) is 22.7 Å². The zero-order valence-electron chi connectivity index (χ0n) is 7.10. The van der Waals surface area contributed by atoms with Crippen LogP contribution in [0.1, 0.15) is 0 Å². The molecule has 0 aliphatic rings. The standard InChI is InChI=1S/C9H6N4S/c10-5-7(6-11)12-13-8-3-1-2-4-9(8)14/h1-4,13-14H. The van der Waals surface area contributed by atoms with E-state index in [0.717, 1.165) is 0 Å². The summed E-state index contributed by atoms with van der Waals surface area (Å²) in [6, 6.07) is 10.4. The summed E-state index contributed by atoms with van der Waals surface area (Å²) in [6.07, 6.45) is 0. The van der Waals surface area contributed by atoms with Gasteiger partial charge < -0.3 is 0 Å². The van der Waals surface area contributed by atoms with Gasteiger partial charge in [-0.05, 0) is 12.1 Å². The Morgan fingerprint density at radius 1 is 1.29 bits per heavy atom. The summed E-state index contributed by atoms with van der Waals surface area (Å²) in [6.45, 7) is 0. The highest BCUT2D eigenvalue weighted by Gasteiger charge is 1.96. The maximum Gasteiger partial charge on any atom is 0.237 e. The van der Waals surface area contributed by atoms with E-state index in [2.05, 4.69) is 23.2 Å². The van der Waals surface area contributed by atoms with Gasteiger partial charge in [0.05, 0.1) is 5.69 Å². The molecule has 0 heterocycles. The minimum Gasteiger partial charge on any atom is -0.275 e. The maximum absolute atomic E-state index is 8.41. The Balaban J connectivity index is 2.83. The van der Waals surface area contributed by atoms with Gasteiger partial charge in [0.25, 0.3) is 0 Å². The Morgan fingerprint density at radius 3 is 2.50 bits per heavy atom. The van der Waals surface area contributed by atoms with Crippen molar-refractivity contribution < 1.29 is 0 Å². The first-order valence-corrected chi connectivity index (χ1v) is 4.14. The minimum atomic E-state index is -0.221. The number of para-hydroxylation sites is 1. The van der Waals surface area contributed by atoms with Gasteiger partial charge in [-0.1, -0.05) is 12.1 Å². The van der Waals surface area contributed by atoms with E-state index in [1.807, 2.05) is 6.07 Å². The van der Waals surface area contributed by atoms with Crippen molar-refractivity contribution in [1.29, 1.82) is 10.5 Å². The van der Waals surface area contributed by atoms with Crippen LogP contribution >= 0.6 is 12.6 Å². The molecule has 14 heavy (non-hydrogen) atoms. The van der Waals surface area contributed by atoms with Crippen molar-refractivity contribution in [2.24, 2.45) is 5.10 Å². The molecule has 0 fully saturated rings. The van der Waals surface area contributed by atoms with Gasteiger partial charge in [-0.25, -0.2) is 0 Å². The molecule has 1 aromatic carbocycles. The average Bonchev–Trinajstić information content (AvgIpc) is 2.22. The van der Waals surface area contributed by atoms with Crippen molar-refractivity contribution in [3.8, 4) is 12.1 Å². The highest BCUT2D eigenvalue weighted by atomic mass is 32.1. The Kier molecular flexibility index (Phi) is 3.54. The van der Waals surface area contributed by atoms with E-state index in [1.54, 1.807) is 30.3 Å². The molecule has 0 radical (unpaired) electrons. The zero-order chi connectivity index (χ0) is 10.4. The van der Waals surface area contributed by atoms with Gasteiger partial charge in [0.2, 0.25) is 5.71 Å². The number of anilines is 1. The molecule has 0 atom stereocenters. The van der Waals surface area contributed by atoms with E-state index < -0.39 is 0 Å². The summed E-state index contributed by atoms with van der Waals surface area (Å²) in [4.78, 5) is 0.700. The lowest BCUT2D eigenvalue weighted by Crippen LogP contribution is -1.96. The first-order chi connectivity index (χ1) is 6.77. The van der Waals surface area contributed by atoms with E-state index in [0.29, 0.717) is 10.6 Å². The number of hydrazone groups is 1. The topological polar surface area (TPSA) is 72.0 Å². The quantitative estimate of drug-likeness (QED) is 0.436. The second-order valence-electron chi connectivity index (χ2n) is 2.31. The lowest BCUT2D eigenvalue weighted by molar-refractivity contribution is 1.29. The number of hydrogen-bond acceptors (Lipinski definition) is 5. The van der Waals surface area contributed by atoms with Crippen LogP contribution in [-0.4, -0.2) is 5.71 Å². The summed E-state index contributed by atoms with van der Waals surface area (Å²) in [5, 5.41) is 20.4. The third-order valence-electron chi connectivity index (χ3n) is 1.40. The molecule has 5 heteroatoms. The highest BCUT2D eigenvalue weighted by Crippen LogP contribution is 2.18. The number of nitrogens with zero attached hydrogens (tertiary/aromatic N) is 3. The molecule has 1 rings (SSSR count).